The van der Waals surface area contributed by atoms with Crippen molar-refractivity contribution in [3.8, 4) is 5.75 Å². The zero-order chi connectivity index (χ0) is 31.0. The monoisotopic (exact) mass is 590 g/mol. The highest BCUT2D eigenvalue weighted by Gasteiger charge is 2.63. The smallest absolute Gasteiger partial charge is 0.334 e. The Labute approximate surface area is 247 Å². The van der Waals surface area contributed by atoms with E-state index in [1.165, 1.54) is 6.92 Å². The van der Waals surface area contributed by atoms with Gasteiger partial charge in [-0.15, -0.1) is 0 Å². The fraction of sp³-hybridized carbons (Fsp3) is 0.688. The molecule has 2 fully saturated rings. The number of carbonyl (C=O) groups excluding carboxylic acids is 2. The molecule has 3 bridgehead atoms. The Morgan fingerprint density at radius 3 is 2.48 bits per heavy atom. The Bertz CT molecular complexity index is 1170. The minimum atomic E-state index is -1.50. The summed E-state index contributed by atoms with van der Waals surface area (Å²) in [6.45, 7) is 10.9. The molecule has 2 saturated heterocycles. The summed E-state index contributed by atoms with van der Waals surface area (Å²) in [4.78, 5) is 26.0. The topological polar surface area (TPSA) is 141 Å². The second kappa shape index (κ2) is 12.1. The molecule has 42 heavy (non-hydrogen) atoms. The molecule has 3 aliphatic heterocycles. The predicted molar refractivity (Wildman–Crippen MR) is 152 cm³/mol. The molecule has 0 radical (unpaired) electrons. The van der Waals surface area contributed by atoms with Gasteiger partial charge in [-0.25, -0.2) is 4.79 Å². The van der Waals surface area contributed by atoms with E-state index >= 15 is 0 Å². The van der Waals surface area contributed by atoms with Gasteiger partial charge in [0.1, 0.15) is 29.3 Å². The standard InChI is InChI=1S/C32H46O10/c1-18(11-12-23(38-7)21-9-8-10-22(34)13-21)29-19(2)25-16-32(42-29)30(4,5)17-31(6,37)26(41-32)15-28(36)39-24(20(3)33)14-27(35)40-25/h8-10,13,15,18-20,23-25,29,33-34,37H,11-12,14,16-17H2,1-7H3/t18-,19-,20+,23-,24-,25-,29-,31-,32+/m0/s1. The summed E-state index contributed by atoms with van der Waals surface area (Å²) in [6, 6.07) is 7.00. The Balaban J connectivity index is 1.68. The average Bonchev–Trinajstić information content (AvgIpc) is 2.88. The van der Waals surface area contributed by atoms with Gasteiger partial charge < -0.3 is 39.0 Å². The highest BCUT2D eigenvalue weighted by Crippen LogP contribution is 2.56. The third-order valence-electron chi connectivity index (χ3n) is 9.20. The Morgan fingerprint density at radius 1 is 1.12 bits per heavy atom. The Morgan fingerprint density at radius 2 is 1.83 bits per heavy atom. The van der Waals surface area contributed by atoms with Gasteiger partial charge in [-0.3, -0.25) is 4.79 Å². The number of methoxy groups -OCH3 is 1. The van der Waals surface area contributed by atoms with Gasteiger partial charge >= 0.3 is 11.9 Å². The first-order valence-corrected chi connectivity index (χ1v) is 14.8. The summed E-state index contributed by atoms with van der Waals surface area (Å²) in [5.74, 6) is -2.83. The van der Waals surface area contributed by atoms with E-state index in [0.29, 0.717) is 12.8 Å². The number of carbonyl (C=O) groups is 2. The quantitative estimate of drug-likeness (QED) is 0.394. The first-order valence-electron chi connectivity index (χ1n) is 14.8. The number of aliphatic hydroxyl groups excluding tert-OH is 1. The lowest BCUT2D eigenvalue weighted by atomic mass is 9.66. The highest BCUT2D eigenvalue weighted by atomic mass is 16.7. The summed E-state index contributed by atoms with van der Waals surface area (Å²) in [7, 11) is 1.64. The molecule has 234 valence electrons. The number of phenolic OH excluding ortho intramolecular Hbond substituents is 1. The number of phenols is 1. The van der Waals surface area contributed by atoms with Crippen molar-refractivity contribution in [1.29, 1.82) is 0 Å². The number of hydrogen-bond donors (Lipinski definition) is 3. The number of aromatic hydroxyl groups is 1. The molecule has 4 rings (SSSR count). The lowest BCUT2D eigenvalue weighted by molar-refractivity contribution is -0.371. The molecule has 10 nitrogen and oxygen atoms in total. The van der Waals surface area contributed by atoms with Crippen molar-refractivity contribution in [2.24, 2.45) is 17.3 Å². The molecule has 1 aromatic carbocycles. The number of rotatable bonds is 7. The minimum Gasteiger partial charge on any atom is -0.508 e. The molecule has 1 aromatic rings. The molecule has 10 heteroatoms. The van der Waals surface area contributed by atoms with Crippen molar-refractivity contribution >= 4 is 11.9 Å². The molecule has 0 amide bonds. The maximum absolute atomic E-state index is 13.1. The van der Waals surface area contributed by atoms with Crippen LogP contribution in [-0.4, -0.2) is 70.2 Å². The molecule has 0 aromatic heterocycles. The minimum absolute atomic E-state index is 0.00565. The van der Waals surface area contributed by atoms with Crippen molar-refractivity contribution in [2.45, 2.75) is 116 Å². The van der Waals surface area contributed by atoms with Crippen LogP contribution in [0.4, 0.5) is 0 Å². The number of cyclic esters (lactones) is 1. The van der Waals surface area contributed by atoms with E-state index in [9.17, 15) is 24.9 Å². The van der Waals surface area contributed by atoms with Gasteiger partial charge in [0.25, 0.3) is 0 Å². The van der Waals surface area contributed by atoms with E-state index in [0.717, 1.165) is 11.6 Å². The molecule has 9 atom stereocenters. The van der Waals surface area contributed by atoms with Crippen LogP contribution in [0.15, 0.2) is 36.1 Å². The molecule has 0 saturated carbocycles. The number of fused-ring (bicyclic) bond motifs is 2. The summed E-state index contributed by atoms with van der Waals surface area (Å²) < 4.78 is 30.5. The number of hydrogen-bond acceptors (Lipinski definition) is 10. The van der Waals surface area contributed by atoms with Crippen LogP contribution >= 0.6 is 0 Å². The summed E-state index contributed by atoms with van der Waals surface area (Å²) >= 11 is 0. The Hall–Kier alpha value is -2.66. The van der Waals surface area contributed by atoms with Crippen LogP contribution in [0.5, 0.6) is 5.75 Å². The fourth-order valence-corrected chi connectivity index (χ4v) is 6.72. The van der Waals surface area contributed by atoms with E-state index in [1.807, 2.05) is 26.8 Å². The van der Waals surface area contributed by atoms with Gasteiger partial charge in [0.05, 0.1) is 37.2 Å². The third kappa shape index (κ3) is 6.61. The first-order chi connectivity index (χ1) is 19.6. The van der Waals surface area contributed by atoms with Crippen LogP contribution in [0.2, 0.25) is 0 Å². The van der Waals surface area contributed by atoms with Crippen LogP contribution in [0.25, 0.3) is 0 Å². The zero-order valence-electron chi connectivity index (χ0n) is 25.7. The second-order valence-electron chi connectivity index (χ2n) is 13.2. The molecule has 3 N–H and O–H groups in total. The average molecular weight is 591 g/mol. The van der Waals surface area contributed by atoms with Gasteiger partial charge in [0.2, 0.25) is 5.79 Å². The summed E-state index contributed by atoms with van der Waals surface area (Å²) in [6.07, 6.45) is -0.974. The lowest BCUT2D eigenvalue weighted by Crippen LogP contribution is -2.65. The fourth-order valence-electron chi connectivity index (χ4n) is 6.72. The van der Waals surface area contributed by atoms with Gasteiger partial charge in [0, 0.05) is 18.4 Å². The van der Waals surface area contributed by atoms with E-state index in [-0.39, 0.29) is 48.7 Å². The molecule has 3 heterocycles. The van der Waals surface area contributed by atoms with Crippen molar-refractivity contribution in [3.63, 3.8) is 0 Å². The third-order valence-corrected chi connectivity index (χ3v) is 9.20. The SMILES string of the molecule is CO[C@@H](CC[C@H](C)[C@@H]1O[C@@]23C[C@H](OC(=O)C[C@@H]([C@@H](C)O)OC(=O)C=C(O2)[C@@](C)(O)CC3(C)C)[C@@H]1C)c1cccc(O)c1. The van der Waals surface area contributed by atoms with Crippen LogP contribution in [0, 0.1) is 17.3 Å². The normalized spacial score (nSPS) is 35.2. The van der Waals surface area contributed by atoms with Crippen LogP contribution in [0.1, 0.15) is 85.3 Å². The Kier molecular flexibility index (Phi) is 9.33. The van der Waals surface area contributed by atoms with Gasteiger partial charge in [-0.2, -0.15) is 0 Å². The maximum Gasteiger partial charge on any atom is 0.334 e. The van der Waals surface area contributed by atoms with E-state index < -0.39 is 53.2 Å². The molecule has 1 spiro atoms. The number of ether oxygens (including phenoxy) is 5. The van der Waals surface area contributed by atoms with E-state index in [2.05, 4.69) is 6.92 Å². The van der Waals surface area contributed by atoms with Crippen LogP contribution < -0.4 is 0 Å². The predicted octanol–water partition coefficient (Wildman–Crippen LogP) is 4.31. The van der Waals surface area contributed by atoms with Crippen molar-refractivity contribution in [2.75, 3.05) is 7.11 Å². The van der Waals surface area contributed by atoms with Crippen LogP contribution in [0.3, 0.4) is 0 Å². The van der Waals surface area contributed by atoms with Crippen molar-refractivity contribution in [1.82, 2.24) is 0 Å². The van der Waals surface area contributed by atoms with Gasteiger partial charge in [0.15, 0.2) is 0 Å². The number of aliphatic hydroxyl groups is 2. The molecule has 0 aliphatic carbocycles. The first kappa shape index (κ1) is 32.3. The maximum atomic E-state index is 13.1. The van der Waals surface area contributed by atoms with Crippen molar-refractivity contribution < 1.29 is 48.6 Å². The molecular weight excluding hydrogens is 544 g/mol. The molecule has 0 unspecified atom stereocenters. The number of esters is 2. The number of benzene rings is 1. The zero-order valence-corrected chi connectivity index (χ0v) is 25.7. The van der Waals surface area contributed by atoms with E-state index in [4.69, 9.17) is 23.7 Å². The lowest BCUT2D eigenvalue weighted by Gasteiger charge is -2.59. The van der Waals surface area contributed by atoms with Crippen molar-refractivity contribution in [3.05, 3.63) is 41.7 Å². The molecular formula is C32H46O10. The van der Waals surface area contributed by atoms with Crippen LogP contribution in [-0.2, 0) is 33.3 Å². The largest absolute Gasteiger partial charge is 0.508 e. The molecule has 3 aliphatic rings. The van der Waals surface area contributed by atoms with Gasteiger partial charge in [-0.05, 0) is 56.7 Å². The summed E-state index contributed by atoms with van der Waals surface area (Å²) in [5.41, 5.74) is -1.37. The second-order valence-corrected chi connectivity index (χ2v) is 13.2. The highest BCUT2D eigenvalue weighted by molar-refractivity contribution is 5.83. The van der Waals surface area contributed by atoms with Gasteiger partial charge in [-0.1, -0.05) is 39.8 Å². The summed E-state index contributed by atoms with van der Waals surface area (Å²) in [5, 5.41) is 31.5. The van der Waals surface area contributed by atoms with E-state index in [1.54, 1.807) is 32.2 Å².